The first kappa shape index (κ1) is 19.4. The number of rotatable bonds is 6. The predicted molar refractivity (Wildman–Crippen MR) is 115 cm³/mol. The Morgan fingerprint density at radius 3 is 2.07 bits per heavy atom. The second kappa shape index (κ2) is 10.1. The number of carbonyl (C=O) groups excluding carboxylic acids is 1. The number of hydrazine groups is 1. The molecule has 0 atom stereocenters. The third kappa shape index (κ3) is 6.10. The van der Waals surface area contributed by atoms with Crippen molar-refractivity contribution in [2.75, 3.05) is 6.61 Å². The zero-order valence-electron chi connectivity index (χ0n) is 15.2. The summed E-state index contributed by atoms with van der Waals surface area (Å²) < 4.78 is 5.36. The molecule has 0 aliphatic carbocycles. The van der Waals surface area contributed by atoms with Crippen LogP contribution in [0.5, 0.6) is 5.75 Å². The van der Waals surface area contributed by atoms with Crippen molar-refractivity contribution in [1.29, 1.82) is 0 Å². The molecule has 3 rings (SSSR count). The largest absolute Gasteiger partial charge is 0.484 e. The zero-order valence-corrected chi connectivity index (χ0v) is 16.0. The summed E-state index contributed by atoms with van der Waals surface area (Å²) in [6, 6.07) is 27.6. The summed E-state index contributed by atoms with van der Waals surface area (Å²) in [5.41, 5.74) is 8.60. The number of nitrogens with one attached hydrogen (secondary N) is 3. The monoisotopic (exact) mass is 391 g/mol. The van der Waals surface area contributed by atoms with E-state index >= 15 is 0 Å². The van der Waals surface area contributed by atoms with E-state index in [-0.39, 0.29) is 12.5 Å². The lowest BCUT2D eigenvalue weighted by Crippen LogP contribution is -2.48. The van der Waals surface area contributed by atoms with Crippen molar-refractivity contribution in [2.45, 2.75) is 6.54 Å². The molecule has 0 saturated carbocycles. The molecular formula is C22H21N3O2S. The summed E-state index contributed by atoms with van der Waals surface area (Å²) in [6.45, 7) is 0.456. The van der Waals surface area contributed by atoms with Gasteiger partial charge in [0.05, 0.1) is 0 Å². The van der Waals surface area contributed by atoms with E-state index < -0.39 is 0 Å². The van der Waals surface area contributed by atoms with E-state index in [0.29, 0.717) is 17.4 Å². The topological polar surface area (TPSA) is 62.4 Å². The number of ether oxygens (including phenoxy) is 1. The van der Waals surface area contributed by atoms with E-state index in [4.69, 9.17) is 17.0 Å². The van der Waals surface area contributed by atoms with Gasteiger partial charge < -0.3 is 10.1 Å². The first-order valence-corrected chi connectivity index (χ1v) is 9.26. The van der Waals surface area contributed by atoms with Crippen LogP contribution in [0, 0.1) is 0 Å². The van der Waals surface area contributed by atoms with Crippen molar-refractivity contribution in [2.24, 2.45) is 0 Å². The lowest BCUT2D eigenvalue weighted by molar-refractivity contribution is -0.123. The first-order chi connectivity index (χ1) is 13.7. The first-order valence-electron chi connectivity index (χ1n) is 8.85. The lowest BCUT2D eigenvalue weighted by atomic mass is 10.0. The smallest absolute Gasteiger partial charge is 0.276 e. The Morgan fingerprint density at radius 2 is 1.39 bits per heavy atom. The van der Waals surface area contributed by atoms with Crippen molar-refractivity contribution < 1.29 is 9.53 Å². The Bertz CT molecular complexity index is 900. The van der Waals surface area contributed by atoms with Crippen molar-refractivity contribution in [3.05, 3.63) is 90.5 Å². The minimum atomic E-state index is -0.319. The fourth-order valence-corrected chi connectivity index (χ4v) is 2.62. The van der Waals surface area contributed by atoms with Gasteiger partial charge in [0.15, 0.2) is 11.7 Å². The molecule has 1 amide bonds. The molecule has 0 aliphatic rings. The standard InChI is InChI=1S/C22H21N3O2S/c26-21(16-27-20-9-5-2-6-10-20)24-25-22(28)23-15-17-11-13-19(14-12-17)18-7-3-1-4-8-18/h1-14H,15-16H2,(H,24,26)(H2,23,25,28). The summed E-state index contributed by atoms with van der Waals surface area (Å²) in [5, 5.41) is 3.39. The number of thiocarbonyl (C=S) groups is 1. The number of para-hydroxylation sites is 1. The van der Waals surface area contributed by atoms with Gasteiger partial charge in [-0.05, 0) is 41.0 Å². The molecule has 0 saturated heterocycles. The van der Waals surface area contributed by atoms with Crippen LogP contribution in [0.2, 0.25) is 0 Å². The maximum absolute atomic E-state index is 11.8. The number of carbonyl (C=O) groups is 1. The molecule has 142 valence electrons. The van der Waals surface area contributed by atoms with Crippen LogP contribution >= 0.6 is 12.2 Å². The second-order valence-corrected chi connectivity index (χ2v) is 6.43. The van der Waals surface area contributed by atoms with E-state index in [9.17, 15) is 4.79 Å². The highest BCUT2D eigenvalue weighted by Crippen LogP contribution is 2.19. The van der Waals surface area contributed by atoms with Gasteiger partial charge in [0, 0.05) is 6.54 Å². The fourth-order valence-electron chi connectivity index (χ4n) is 2.50. The number of hydrogen-bond acceptors (Lipinski definition) is 3. The lowest BCUT2D eigenvalue weighted by Gasteiger charge is -2.12. The highest BCUT2D eigenvalue weighted by atomic mass is 32.1. The quantitative estimate of drug-likeness (QED) is 0.444. The van der Waals surface area contributed by atoms with Crippen LogP contribution in [0.1, 0.15) is 5.56 Å². The van der Waals surface area contributed by atoms with E-state index in [1.54, 1.807) is 12.1 Å². The fraction of sp³-hybridized carbons (Fsp3) is 0.0909. The molecule has 0 fully saturated rings. The van der Waals surface area contributed by atoms with Gasteiger partial charge in [-0.3, -0.25) is 15.6 Å². The second-order valence-electron chi connectivity index (χ2n) is 6.02. The third-order valence-electron chi connectivity index (χ3n) is 3.94. The molecule has 0 radical (unpaired) electrons. The third-order valence-corrected chi connectivity index (χ3v) is 4.19. The Kier molecular flexibility index (Phi) is 6.98. The van der Waals surface area contributed by atoms with Crippen LogP contribution in [-0.2, 0) is 11.3 Å². The molecule has 5 nitrogen and oxygen atoms in total. The van der Waals surface area contributed by atoms with Crippen molar-refractivity contribution in [3.8, 4) is 16.9 Å². The molecule has 6 heteroatoms. The number of amides is 1. The highest BCUT2D eigenvalue weighted by molar-refractivity contribution is 7.80. The van der Waals surface area contributed by atoms with Gasteiger partial charge >= 0.3 is 0 Å². The summed E-state index contributed by atoms with van der Waals surface area (Å²) in [5.74, 6) is 0.317. The maximum atomic E-state index is 11.8. The van der Waals surface area contributed by atoms with Gasteiger partial charge in [-0.25, -0.2) is 0 Å². The summed E-state index contributed by atoms with van der Waals surface area (Å²) in [7, 11) is 0. The molecule has 3 aromatic carbocycles. The molecule has 3 aromatic rings. The minimum Gasteiger partial charge on any atom is -0.484 e. The molecule has 0 bridgehead atoms. The van der Waals surface area contributed by atoms with E-state index in [1.165, 1.54) is 5.56 Å². The van der Waals surface area contributed by atoms with Crippen LogP contribution in [0.25, 0.3) is 11.1 Å². The van der Waals surface area contributed by atoms with E-state index in [2.05, 4.69) is 40.4 Å². The van der Waals surface area contributed by atoms with Crippen molar-refractivity contribution >= 4 is 23.2 Å². The normalized spacial score (nSPS) is 10.0. The van der Waals surface area contributed by atoms with E-state index in [0.717, 1.165) is 11.1 Å². The molecular weight excluding hydrogens is 370 g/mol. The van der Waals surface area contributed by atoms with Crippen LogP contribution in [0.4, 0.5) is 0 Å². The van der Waals surface area contributed by atoms with Gasteiger partial charge in [-0.2, -0.15) is 0 Å². The van der Waals surface area contributed by atoms with Crippen molar-refractivity contribution in [3.63, 3.8) is 0 Å². The van der Waals surface area contributed by atoms with Crippen LogP contribution in [0.3, 0.4) is 0 Å². The van der Waals surface area contributed by atoms with E-state index in [1.807, 2.05) is 48.5 Å². The zero-order chi connectivity index (χ0) is 19.6. The molecule has 0 aliphatic heterocycles. The maximum Gasteiger partial charge on any atom is 0.276 e. The summed E-state index contributed by atoms with van der Waals surface area (Å²) in [4.78, 5) is 11.8. The molecule has 0 unspecified atom stereocenters. The molecule has 0 spiro atoms. The van der Waals surface area contributed by atoms with Gasteiger partial charge in [0.1, 0.15) is 5.75 Å². The van der Waals surface area contributed by atoms with Crippen LogP contribution in [-0.4, -0.2) is 17.6 Å². The minimum absolute atomic E-state index is 0.0967. The Labute approximate surface area is 169 Å². The molecule has 3 N–H and O–H groups in total. The molecule has 0 aromatic heterocycles. The number of hydrogen-bond donors (Lipinski definition) is 3. The molecule has 28 heavy (non-hydrogen) atoms. The Hall–Kier alpha value is -3.38. The summed E-state index contributed by atoms with van der Waals surface area (Å²) >= 11 is 5.17. The highest BCUT2D eigenvalue weighted by Gasteiger charge is 2.04. The van der Waals surface area contributed by atoms with Crippen LogP contribution < -0.4 is 20.9 Å². The van der Waals surface area contributed by atoms with Gasteiger partial charge in [-0.15, -0.1) is 0 Å². The van der Waals surface area contributed by atoms with Crippen molar-refractivity contribution in [1.82, 2.24) is 16.2 Å². The SMILES string of the molecule is O=C(COc1ccccc1)NNC(=S)NCc1ccc(-c2ccccc2)cc1. The average molecular weight is 391 g/mol. The van der Waals surface area contributed by atoms with Gasteiger partial charge in [0.2, 0.25) is 0 Å². The molecule has 0 heterocycles. The van der Waals surface area contributed by atoms with Gasteiger partial charge in [0.25, 0.3) is 5.91 Å². The van der Waals surface area contributed by atoms with Gasteiger partial charge in [-0.1, -0.05) is 72.8 Å². The summed E-state index contributed by atoms with van der Waals surface area (Å²) in [6.07, 6.45) is 0. The Balaban J connectivity index is 1.37. The Morgan fingerprint density at radius 1 is 0.786 bits per heavy atom. The number of benzene rings is 3. The predicted octanol–water partition coefficient (Wildman–Crippen LogP) is 3.43. The van der Waals surface area contributed by atoms with Crippen LogP contribution in [0.15, 0.2) is 84.9 Å². The average Bonchev–Trinajstić information content (AvgIpc) is 2.76.